The number of likely N-dealkylation sites (tertiary alicyclic amines) is 1. The lowest BCUT2D eigenvalue weighted by molar-refractivity contribution is 0.296. The van der Waals surface area contributed by atoms with Crippen molar-refractivity contribution in [3.63, 3.8) is 0 Å². The molecule has 16 heavy (non-hydrogen) atoms. The summed E-state index contributed by atoms with van der Waals surface area (Å²) in [5.74, 6) is 0. The minimum atomic E-state index is 0.0729. The zero-order chi connectivity index (χ0) is 11.4. The van der Waals surface area contributed by atoms with Crippen LogP contribution in [0.3, 0.4) is 0 Å². The summed E-state index contributed by atoms with van der Waals surface area (Å²) in [6.07, 6.45) is 3.49. The summed E-state index contributed by atoms with van der Waals surface area (Å²) in [5.41, 5.74) is 7.84. The average molecular weight is 218 g/mol. The molecular weight excluding hydrogens is 196 g/mol. The van der Waals surface area contributed by atoms with E-state index in [-0.39, 0.29) is 5.54 Å². The third kappa shape index (κ3) is 2.83. The highest BCUT2D eigenvalue weighted by atomic mass is 15.2. The van der Waals surface area contributed by atoms with Gasteiger partial charge in [0.2, 0.25) is 0 Å². The molecule has 0 spiro atoms. The third-order valence-electron chi connectivity index (χ3n) is 3.46. The van der Waals surface area contributed by atoms with Crippen molar-refractivity contribution in [3.05, 3.63) is 35.9 Å². The van der Waals surface area contributed by atoms with Crippen LogP contribution in [0.4, 0.5) is 0 Å². The molecule has 1 fully saturated rings. The number of nitrogens with two attached hydrogens (primary N) is 1. The molecule has 1 aromatic carbocycles. The second-order valence-electron chi connectivity index (χ2n) is 5.06. The predicted molar refractivity (Wildman–Crippen MR) is 68.2 cm³/mol. The quantitative estimate of drug-likeness (QED) is 0.841. The van der Waals surface area contributed by atoms with Gasteiger partial charge in [-0.2, -0.15) is 0 Å². The maximum Gasteiger partial charge on any atom is 0.0295 e. The zero-order valence-electron chi connectivity index (χ0n) is 10.2. The molecule has 2 N–H and O–H groups in total. The van der Waals surface area contributed by atoms with E-state index in [1.54, 1.807) is 0 Å². The second kappa shape index (κ2) is 4.98. The molecule has 2 rings (SSSR count). The normalized spacial score (nSPS) is 26.1. The molecular formula is C14H22N2. The van der Waals surface area contributed by atoms with Crippen LogP contribution in [-0.4, -0.2) is 23.5 Å². The molecule has 0 aromatic heterocycles. The van der Waals surface area contributed by atoms with Gasteiger partial charge in [-0.05, 0) is 18.4 Å². The Bertz CT molecular complexity index is 323. The van der Waals surface area contributed by atoms with Gasteiger partial charge in [-0.15, -0.1) is 0 Å². The molecule has 0 saturated carbocycles. The first-order valence-electron chi connectivity index (χ1n) is 6.27. The molecule has 2 nitrogen and oxygen atoms in total. The van der Waals surface area contributed by atoms with Crippen LogP contribution in [0.5, 0.6) is 0 Å². The Morgan fingerprint density at radius 3 is 2.75 bits per heavy atom. The first-order chi connectivity index (χ1) is 7.72. The van der Waals surface area contributed by atoms with Crippen molar-refractivity contribution in [2.24, 2.45) is 5.73 Å². The molecule has 0 radical (unpaired) electrons. The van der Waals surface area contributed by atoms with Crippen molar-refractivity contribution in [1.29, 1.82) is 0 Å². The van der Waals surface area contributed by atoms with Gasteiger partial charge in [0.1, 0.15) is 0 Å². The SMILES string of the molecule is CCCC1(N)CCN(Cc2ccccc2)C1. The molecule has 1 heterocycles. The molecule has 1 unspecified atom stereocenters. The van der Waals surface area contributed by atoms with Crippen LogP contribution in [0.2, 0.25) is 0 Å². The Morgan fingerprint density at radius 2 is 2.06 bits per heavy atom. The second-order valence-corrected chi connectivity index (χ2v) is 5.06. The Labute approximate surface area is 98.4 Å². The molecule has 0 aliphatic carbocycles. The molecule has 0 bridgehead atoms. The lowest BCUT2D eigenvalue weighted by atomic mass is 9.94. The number of hydrogen-bond donors (Lipinski definition) is 1. The summed E-state index contributed by atoms with van der Waals surface area (Å²) in [5, 5.41) is 0. The van der Waals surface area contributed by atoms with Crippen molar-refractivity contribution in [2.75, 3.05) is 13.1 Å². The highest BCUT2D eigenvalue weighted by Crippen LogP contribution is 2.24. The van der Waals surface area contributed by atoms with Gasteiger partial charge in [-0.1, -0.05) is 43.7 Å². The molecule has 1 saturated heterocycles. The highest BCUT2D eigenvalue weighted by Gasteiger charge is 2.33. The Kier molecular flexibility index (Phi) is 3.62. The van der Waals surface area contributed by atoms with Gasteiger partial charge in [0.15, 0.2) is 0 Å². The number of benzene rings is 1. The highest BCUT2D eigenvalue weighted by molar-refractivity contribution is 5.15. The largest absolute Gasteiger partial charge is 0.324 e. The summed E-state index contributed by atoms with van der Waals surface area (Å²) in [7, 11) is 0. The van der Waals surface area contributed by atoms with Crippen LogP contribution in [0.1, 0.15) is 31.7 Å². The molecule has 1 aliphatic heterocycles. The van der Waals surface area contributed by atoms with Crippen LogP contribution in [0.25, 0.3) is 0 Å². The van der Waals surface area contributed by atoms with Crippen LogP contribution < -0.4 is 5.73 Å². The van der Waals surface area contributed by atoms with Crippen molar-refractivity contribution in [2.45, 2.75) is 38.3 Å². The minimum Gasteiger partial charge on any atom is -0.324 e. The Balaban J connectivity index is 1.90. The van der Waals surface area contributed by atoms with Crippen molar-refractivity contribution in [1.82, 2.24) is 4.90 Å². The van der Waals surface area contributed by atoms with Gasteiger partial charge in [-0.3, -0.25) is 4.90 Å². The first-order valence-corrected chi connectivity index (χ1v) is 6.27. The summed E-state index contributed by atoms with van der Waals surface area (Å²) in [6, 6.07) is 10.7. The molecule has 88 valence electrons. The van der Waals surface area contributed by atoms with Gasteiger partial charge in [0, 0.05) is 25.2 Å². The van der Waals surface area contributed by atoms with E-state index in [4.69, 9.17) is 5.73 Å². The number of nitrogens with zero attached hydrogens (tertiary/aromatic N) is 1. The lowest BCUT2D eigenvalue weighted by Crippen LogP contribution is -2.42. The van der Waals surface area contributed by atoms with Gasteiger partial charge >= 0.3 is 0 Å². The smallest absolute Gasteiger partial charge is 0.0295 e. The maximum absolute atomic E-state index is 6.37. The summed E-state index contributed by atoms with van der Waals surface area (Å²) in [4.78, 5) is 2.48. The molecule has 1 aromatic rings. The van der Waals surface area contributed by atoms with E-state index in [2.05, 4.69) is 42.2 Å². The topological polar surface area (TPSA) is 29.3 Å². The lowest BCUT2D eigenvalue weighted by Gasteiger charge is -2.24. The van der Waals surface area contributed by atoms with E-state index in [1.165, 1.54) is 12.0 Å². The fourth-order valence-corrected chi connectivity index (χ4v) is 2.66. The van der Waals surface area contributed by atoms with E-state index in [0.29, 0.717) is 0 Å². The fourth-order valence-electron chi connectivity index (χ4n) is 2.66. The van der Waals surface area contributed by atoms with Crippen LogP contribution >= 0.6 is 0 Å². The third-order valence-corrected chi connectivity index (χ3v) is 3.46. The van der Waals surface area contributed by atoms with Gasteiger partial charge < -0.3 is 5.73 Å². The van der Waals surface area contributed by atoms with E-state index in [0.717, 1.165) is 32.5 Å². The Hall–Kier alpha value is -0.860. The van der Waals surface area contributed by atoms with E-state index in [9.17, 15) is 0 Å². The van der Waals surface area contributed by atoms with E-state index in [1.807, 2.05) is 0 Å². The van der Waals surface area contributed by atoms with Gasteiger partial charge in [0.05, 0.1) is 0 Å². The standard InChI is InChI=1S/C14H22N2/c1-2-8-14(15)9-10-16(12-14)11-13-6-4-3-5-7-13/h3-7H,2,8-12,15H2,1H3. The first kappa shape index (κ1) is 11.6. The van der Waals surface area contributed by atoms with Crippen molar-refractivity contribution >= 4 is 0 Å². The average Bonchev–Trinajstić information content (AvgIpc) is 2.62. The summed E-state index contributed by atoms with van der Waals surface area (Å²) >= 11 is 0. The monoisotopic (exact) mass is 218 g/mol. The van der Waals surface area contributed by atoms with Crippen molar-refractivity contribution < 1.29 is 0 Å². The van der Waals surface area contributed by atoms with E-state index >= 15 is 0 Å². The molecule has 1 atom stereocenters. The maximum atomic E-state index is 6.37. The summed E-state index contributed by atoms with van der Waals surface area (Å²) < 4.78 is 0. The summed E-state index contributed by atoms with van der Waals surface area (Å²) in [6.45, 7) is 5.46. The molecule has 0 amide bonds. The number of hydrogen-bond acceptors (Lipinski definition) is 2. The molecule has 2 heteroatoms. The van der Waals surface area contributed by atoms with Gasteiger partial charge in [0.25, 0.3) is 0 Å². The van der Waals surface area contributed by atoms with Gasteiger partial charge in [-0.25, -0.2) is 0 Å². The minimum absolute atomic E-state index is 0.0729. The predicted octanol–water partition coefficient (Wildman–Crippen LogP) is 2.39. The van der Waals surface area contributed by atoms with Crippen molar-refractivity contribution in [3.8, 4) is 0 Å². The zero-order valence-corrected chi connectivity index (χ0v) is 10.2. The van der Waals surface area contributed by atoms with Crippen LogP contribution in [0, 0.1) is 0 Å². The van der Waals surface area contributed by atoms with Crippen LogP contribution in [0.15, 0.2) is 30.3 Å². The Morgan fingerprint density at radius 1 is 1.31 bits per heavy atom. The van der Waals surface area contributed by atoms with E-state index < -0.39 is 0 Å². The molecule has 1 aliphatic rings. The number of rotatable bonds is 4. The fraction of sp³-hybridized carbons (Fsp3) is 0.571. The van der Waals surface area contributed by atoms with Crippen LogP contribution in [-0.2, 0) is 6.54 Å².